The van der Waals surface area contributed by atoms with Gasteiger partial charge in [-0.3, -0.25) is 9.79 Å². The first kappa shape index (κ1) is 22.6. The molecule has 1 unspecified atom stereocenters. The Balaban J connectivity index is 2.24. The van der Waals surface area contributed by atoms with E-state index in [0.717, 1.165) is 66.0 Å². The van der Waals surface area contributed by atoms with Gasteiger partial charge < -0.3 is 16.0 Å². The van der Waals surface area contributed by atoms with Gasteiger partial charge in [-0.2, -0.15) is 0 Å². The van der Waals surface area contributed by atoms with Crippen molar-refractivity contribution in [3.05, 3.63) is 53.7 Å². The largest absolute Gasteiger partial charge is 0.374 e. The zero-order valence-electron chi connectivity index (χ0n) is 19.2. The van der Waals surface area contributed by atoms with E-state index in [1.165, 1.54) is 5.56 Å². The third-order valence-corrected chi connectivity index (χ3v) is 6.06. The highest BCUT2D eigenvalue weighted by Crippen LogP contribution is 2.41. The number of hydrogen-bond acceptors (Lipinski definition) is 4. The van der Waals surface area contributed by atoms with Crippen molar-refractivity contribution >= 4 is 29.2 Å². The number of nitrogens with two attached hydrogens (primary N) is 1. The number of rotatable bonds is 9. The van der Waals surface area contributed by atoms with E-state index in [9.17, 15) is 4.79 Å². The van der Waals surface area contributed by atoms with Gasteiger partial charge in [-0.05, 0) is 72.2 Å². The summed E-state index contributed by atoms with van der Waals surface area (Å²) in [6, 6.07) is 8.64. The molecule has 1 heterocycles. The Morgan fingerprint density at radius 3 is 2.71 bits per heavy atom. The second-order valence-corrected chi connectivity index (χ2v) is 8.15. The molecule has 0 bridgehead atoms. The van der Waals surface area contributed by atoms with Crippen molar-refractivity contribution in [2.24, 2.45) is 16.6 Å². The number of benzene rings is 2. The Morgan fingerprint density at radius 1 is 1.32 bits per heavy atom. The molecular formula is C26H34N4O. The highest BCUT2D eigenvalue weighted by molar-refractivity contribution is 6.07. The van der Waals surface area contributed by atoms with Crippen LogP contribution in [0.25, 0.3) is 11.1 Å². The van der Waals surface area contributed by atoms with Crippen molar-refractivity contribution in [1.29, 1.82) is 0 Å². The maximum atomic E-state index is 12.5. The molecule has 0 aromatic heterocycles. The molecule has 2 aromatic carbocycles. The fourth-order valence-electron chi connectivity index (χ4n) is 4.40. The molecule has 1 aliphatic heterocycles. The molecule has 0 radical (unpaired) electrons. The summed E-state index contributed by atoms with van der Waals surface area (Å²) in [5.74, 6) is 0.0706. The van der Waals surface area contributed by atoms with Crippen molar-refractivity contribution in [3.63, 3.8) is 0 Å². The summed E-state index contributed by atoms with van der Waals surface area (Å²) < 4.78 is 0. The van der Waals surface area contributed by atoms with Gasteiger partial charge in [0.2, 0.25) is 0 Å². The molecule has 1 amide bonds. The molecule has 0 fully saturated rings. The van der Waals surface area contributed by atoms with Gasteiger partial charge in [0.15, 0.2) is 0 Å². The van der Waals surface area contributed by atoms with E-state index in [-0.39, 0.29) is 0 Å². The number of carbonyl (C=O) groups excluding carboxylic acids is 1. The summed E-state index contributed by atoms with van der Waals surface area (Å²) in [5.41, 5.74) is 13.5. The topological polar surface area (TPSA) is 70.7 Å². The molecule has 2 aromatic rings. The lowest BCUT2D eigenvalue weighted by molar-refractivity contribution is 0.100. The lowest BCUT2D eigenvalue weighted by atomic mass is 9.88. The Morgan fingerprint density at radius 2 is 2.10 bits per heavy atom. The summed E-state index contributed by atoms with van der Waals surface area (Å²) in [4.78, 5) is 19.3. The summed E-state index contributed by atoms with van der Waals surface area (Å²) in [6.07, 6.45) is 7.54. The van der Waals surface area contributed by atoms with E-state index in [1.54, 1.807) is 6.20 Å². The van der Waals surface area contributed by atoms with Crippen LogP contribution in [0.3, 0.4) is 0 Å². The Kier molecular flexibility index (Phi) is 7.16. The van der Waals surface area contributed by atoms with Crippen LogP contribution in [0.5, 0.6) is 0 Å². The molecule has 0 saturated carbocycles. The highest BCUT2D eigenvalue weighted by Gasteiger charge is 2.24. The first-order valence-corrected chi connectivity index (χ1v) is 11.2. The summed E-state index contributed by atoms with van der Waals surface area (Å²) in [5, 5.41) is 3.21. The summed E-state index contributed by atoms with van der Waals surface area (Å²) in [7, 11) is 2.00. The molecule has 31 heavy (non-hydrogen) atoms. The van der Waals surface area contributed by atoms with Gasteiger partial charge in [0, 0.05) is 19.8 Å². The number of nitrogens with one attached hydrogen (secondary N) is 1. The highest BCUT2D eigenvalue weighted by atomic mass is 16.1. The molecule has 1 atom stereocenters. The molecule has 0 aliphatic carbocycles. The van der Waals surface area contributed by atoms with Gasteiger partial charge in [-0.25, -0.2) is 0 Å². The number of hydrogen-bond donors (Lipinski definition) is 2. The van der Waals surface area contributed by atoms with Gasteiger partial charge in [-0.15, -0.1) is 0 Å². The Hall–Kier alpha value is -3.08. The fraction of sp³-hybridized carbons (Fsp3) is 0.385. The SMILES string of the molecule is C=CNc1c(CC)c(-c2ccc3c(c2)N=CC(CC)C3)cc(N(C)CCC)c1C(N)=O. The number of primary amides is 1. The second kappa shape index (κ2) is 9.82. The number of nitrogens with zero attached hydrogens (tertiary/aromatic N) is 2. The number of aliphatic imine (C=N–C) groups is 1. The minimum atomic E-state index is -0.441. The van der Waals surface area contributed by atoms with E-state index in [2.05, 4.69) is 68.0 Å². The Labute approximate surface area is 186 Å². The summed E-state index contributed by atoms with van der Waals surface area (Å²) in [6.45, 7) is 11.1. The van der Waals surface area contributed by atoms with Gasteiger partial charge in [0.1, 0.15) is 0 Å². The second-order valence-electron chi connectivity index (χ2n) is 8.15. The van der Waals surface area contributed by atoms with Crippen LogP contribution in [0.2, 0.25) is 0 Å². The first-order chi connectivity index (χ1) is 14.9. The predicted octanol–water partition coefficient (Wildman–Crippen LogP) is 5.70. The molecule has 1 aliphatic rings. The van der Waals surface area contributed by atoms with Crippen LogP contribution in [0.15, 0.2) is 42.0 Å². The quantitative estimate of drug-likeness (QED) is 0.549. The van der Waals surface area contributed by atoms with Crippen LogP contribution in [0, 0.1) is 5.92 Å². The lowest BCUT2D eigenvalue weighted by Crippen LogP contribution is -2.25. The number of carbonyl (C=O) groups is 1. The van der Waals surface area contributed by atoms with Crippen LogP contribution in [0.4, 0.5) is 17.1 Å². The zero-order valence-corrected chi connectivity index (χ0v) is 19.2. The molecule has 0 spiro atoms. The van der Waals surface area contributed by atoms with E-state index >= 15 is 0 Å². The fourth-order valence-corrected chi connectivity index (χ4v) is 4.40. The smallest absolute Gasteiger partial charge is 0.252 e. The minimum Gasteiger partial charge on any atom is -0.374 e. The van der Waals surface area contributed by atoms with Crippen LogP contribution < -0.4 is 16.0 Å². The van der Waals surface area contributed by atoms with Gasteiger partial charge >= 0.3 is 0 Å². The average molecular weight is 419 g/mol. The molecule has 164 valence electrons. The monoisotopic (exact) mass is 418 g/mol. The number of anilines is 2. The maximum absolute atomic E-state index is 12.5. The van der Waals surface area contributed by atoms with Gasteiger partial charge in [0.25, 0.3) is 5.91 Å². The normalized spacial score (nSPS) is 14.8. The molecule has 3 rings (SSSR count). The van der Waals surface area contributed by atoms with E-state index < -0.39 is 5.91 Å². The first-order valence-electron chi connectivity index (χ1n) is 11.2. The number of fused-ring (bicyclic) bond motifs is 1. The van der Waals surface area contributed by atoms with Crippen molar-refractivity contribution < 1.29 is 4.79 Å². The average Bonchev–Trinajstić information content (AvgIpc) is 2.77. The molecule has 0 saturated heterocycles. The lowest BCUT2D eigenvalue weighted by Gasteiger charge is -2.27. The van der Waals surface area contributed by atoms with E-state index in [0.29, 0.717) is 11.5 Å². The summed E-state index contributed by atoms with van der Waals surface area (Å²) >= 11 is 0. The third kappa shape index (κ3) is 4.50. The van der Waals surface area contributed by atoms with Gasteiger partial charge in [-0.1, -0.05) is 39.5 Å². The number of amides is 1. The molecule has 3 N–H and O–H groups in total. The minimum absolute atomic E-state index is 0.441. The maximum Gasteiger partial charge on any atom is 0.252 e. The third-order valence-electron chi connectivity index (χ3n) is 6.06. The van der Waals surface area contributed by atoms with Crippen molar-refractivity contribution in [2.45, 2.75) is 46.5 Å². The van der Waals surface area contributed by atoms with Gasteiger partial charge in [0.05, 0.1) is 22.6 Å². The standard InChI is InChI=1S/C26H34N4O/c1-6-12-30(5)23-15-21(20(8-3)25(28-9-4)24(23)26(27)31)18-10-11-19-13-17(7-2)16-29-22(19)14-18/h9-11,14-17,28H,4,6-8,12-13H2,1-3,5H3,(H2,27,31). The molecule has 5 heteroatoms. The van der Waals surface area contributed by atoms with E-state index in [4.69, 9.17) is 10.7 Å². The van der Waals surface area contributed by atoms with Crippen molar-refractivity contribution in [3.8, 4) is 11.1 Å². The van der Waals surface area contributed by atoms with Crippen LogP contribution in [0.1, 0.15) is 55.1 Å². The van der Waals surface area contributed by atoms with Crippen LogP contribution in [-0.2, 0) is 12.8 Å². The van der Waals surface area contributed by atoms with Crippen LogP contribution >= 0.6 is 0 Å². The molecular weight excluding hydrogens is 384 g/mol. The van der Waals surface area contributed by atoms with E-state index in [1.807, 2.05) is 7.05 Å². The predicted molar refractivity (Wildman–Crippen MR) is 133 cm³/mol. The van der Waals surface area contributed by atoms with Crippen molar-refractivity contribution in [2.75, 3.05) is 23.8 Å². The zero-order chi connectivity index (χ0) is 22.5. The Bertz CT molecular complexity index is 1010. The van der Waals surface area contributed by atoms with Crippen LogP contribution in [-0.4, -0.2) is 25.7 Å². The van der Waals surface area contributed by atoms with Crippen molar-refractivity contribution in [1.82, 2.24) is 0 Å². The molecule has 5 nitrogen and oxygen atoms in total.